The zero-order chi connectivity index (χ0) is 15.4. The second-order valence-electron chi connectivity index (χ2n) is 5.36. The number of rotatable bonds is 5. The molecule has 1 aromatic carbocycles. The number of aryl methyl sites for hydroxylation is 1. The average Bonchev–Trinajstić information content (AvgIpc) is 2.94. The summed E-state index contributed by atoms with van der Waals surface area (Å²) in [6.45, 7) is 7.44. The lowest BCUT2D eigenvalue weighted by atomic mass is 10.2. The maximum atomic E-state index is 12.3. The number of halogens is 2. The van der Waals surface area contributed by atoms with Gasteiger partial charge in [-0.1, -0.05) is 6.92 Å². The fraction of sp³-hybridized carbons (Fsp3) is 0.533. The van der Waals surface area contributed by atoms with E-state index in [1.165, 1.54) is 0 Å². The summed E-state index contributed by atoms with van der Waals surface area (Å²) in [6, 6.07) is 4.46. The molecule has 1 aromatic rings. The first-order valence-electron chi connectivity index (χ1n) is 7.21. The van der Waals surface area contributed by atoms with Crippen molar-refractivity contribution in [3.05, 3.63) is 26.6 Å². The molecule has 0 aliphatic carbocycles. The number of hydrogen-bond donors (Lipinski definition) is 2. The van der Waals surface area contributed by atoms with Gasteiger partial charge in [0, 0.05) is 21.5 Å². The van der Waals surface area contributed by atoms with E-state index in [2.05, 4.69) is 54.3 Å². The van der Waals surface area contributed by atoms with Crippen LogP contribution in [0.3, 0.4) is 0 Å². The SMILES string of the molecule is CCN(CC(=O)Nc1c(Br)cc(C)cc1Br)C1CCNC1. The second kappa shape index (κ2) is 7.72. The predicted molar refractivity (Wildman–Crippen MR) is 93.7 cm³/mol. The number of nitrogens with zero attached hydrogens (tertiary/aromatic N) is 1. The molecule has 1 heterocycles. The highest BCUT2D eigenvalue weighted by atomic mass is 79.9. The molecule has 0 aromatic heterocycles. The van der Waals surface area contributed by atoms with E-state index in [9.17, 15) is 4.79 Å². The summed E-state index contributed by atoms with van der Waals surface area (Å²) in [5.74, 6) is 0.0222. The van der Waals surface area contributed by atoms with E-state index < -0.39 is 0 Å². The highest BCUT2D eigenvalue weighted by molar-refractivity contribution is 9.11. The Morgan fingerprint density at radius 2 is 2.10 bits per heavy atom. The quantitative estimate of drug-likeness (QED) is 0.771. The molecule has 1 amide bonds. The van der Waals surface area contributed by atoms with Gasteiger partial charge in [0.15, 0.2) is 0 Å². The van der Waals surface area contributed by atoms with Crippen molar-refractivity contribution in [1.29, 1.82) is 0 Å². The van der Waals surface area contributed by atoms with Crippen molar-refractivity contribution in [2.24, 2.45) is 0 Å². The minimum Gasteiger partial charge on any atom is -0.323 e. The Balaban J connectivity index is 2.01. The van der Waals surface area contributed by atoms with Crippen LogP contribution < -0.4 is 10.6 Å². The standard InChI is InChI=1S/C15H21Br2N3O/c1-3-20(11-4-5-18-8-11)9-14(21)19-15-12(16)6-10(2)7-13(15)17/h6-7,11,18H,3-5,8-9H2,1-2H3,(H,19,21). The molecule has 4 nitrogen and oxygen atoms in total. The van der Waals surface area contributed by atoms with Gasteiger partial charge in [0.1, 0.15) is 0 Å². The summed E-state index contributed by atoms with van der Waals surface area (Å²) < 4.78 is 1.79. The van der Waals surface area contributed by atoms with Crippen molar-refractivity contribution in [1.82, 2.24) is 10.2 Å². The molecule has 1 fully saturated rings. The van der Waals surface area contributed by atoms with Gasteiger partial charge < -0.3 is 10.6 Å². The van der Waals surface area contributed by atoms with Crippen LogP contribution in [0.15, 0.2) is 21.1 Å². The van der Waals surface area contributed by atoms with Crippen molar-refractivity contribution in [3.63, 3.8) is 0 Å². The van der Waals surface area contributed by atoms with E-state index >= 15 is 0 Å². The lowest BCUT2D eigenvalue weighted by Gasteiger charge is -2.26. The molecule has 21 heavy (non-hydrogen) atoms. The predicted octanol–water partition coefficient (Wildman–Crippen LogP) is 3.14. The lowest BCUT2D eigenvalue weighted by Crippen LogP contribution is -2.41. The van der Waals surface area contributed by atoms with Crippen LogP contribution in [0.4, 0.5) is 5.69 Å². The van der Waals surface area contributed by atoms with Gasteiger partial charge in [0.05, 0.1) is 12.2 Å². The molecule has 116 valence electrons. The number of nitrogens with one attached hydrogen (secondary N) is 2. The number of carbonyl (C=O) groups is 1. The van der Waals surface area contributed by atoms with Crippen molar-refractivity contribution in [2.75, 3.05) is 31.5 Å². The Kier molecular flexibility index (Phi) is 6.22. The summed E-state index contributed by atoms with van der Waals surface area (Å²) >= 11 is 7.02. The fourth-order valence-electron chi connectivity index (χ4n) is 2.63. The zero-order valence-electron chi connectivity index (χ0n) is 12.4. The topological polar surface area (TPSA) is 44.4 Å². The van der Waals surface area contributed by atoms with Gasteiger partial charge in [-0.3, -0.25) is 9.69 Å². The number of anilines is 1. The van der Waals surface area contributed by atoms with Crippen LogP contribution in [0.5, 0.6) is 0 Å². The van der Waals surface area contributed by atoms with Crippen LogP contribution in [0, 0.1) is 6.92 Å². The average molecular weight is 419 g/mol. The third-order valence-corrected chi connectivity index (χ3v) is 5.01. The molecule has 2 rings (SSSR count). The monoisotopic (exact) mass is 417 g/mol. The van der Waals surface area contributed by atoms with E-state index in [0.29, 0.717) is 12.6 Å². The van der Waals surface area contributed by atoms with Gasteiger partial charge in [-0.25, -0.2) is 0 Å². The van der Waals surface area contributed by atoms with Crippen LogP contribution in [0.2, 0.25) is 0 Å². The van der Waals surface area contributed by atoms with Crippen LogP contribution in [-0.4, -0.2) is 43.0 Å². The second-order valence-corrected chi connectivity index (χ2v) is 7.07. The van der Waals surface area contributed by atoms with Crippen LogP contribution in [0.25, 0.3) is 0 Å². The molecule has 1 unspecified atom stereocenters. The number of likely N-dealkylation sites (N-methyl/N-ethyl adjacent to an activating group) is 1. The van der Waals surface area contributed by atoms with Crippen LogP contribution in [-0.2, 0) is 4.79 Å². The van der Waals surface area contributed by atoms with E-state index in [1.807, 2.05) is 19.1 Å². The van der Waals surface area contributed by atoms with Gasteiger partial charge in [0.25, 0.3) is 0 Å². The molecule has 6 heteroatoms. The van der Waals surface area contributed by atoms with Crippen LogP contribution >= 0.6 is 31.9 Å². The molecular formula is C15H21Br2N3O. The Bertz CT molecular complexity index is 493. The summed E-state index contributed by atoms with van der Waals surface area (Å²) in [4.78, 5) is 14.5. The van der Waals surface area contributed by atoms with Gasteiger partial charge in [-0.05, 0) is 76.0 Å². The number of carbonyl (C=O) groups excluding carboxylic acids is 1. The minimum atomic E-state index is 0.0222. The van der Waals surface area contributed by atoms with Gasteiger partial charge in [0.2, 0.25) is 5.91 Å². The Morgan fingerprint density at radius 1 is 1.43 bits per heavy atom. The first kappa shape index (κ1) is 16.9. The Hall–Kier alpha value is -0.430. The molecule has 2 N–H and O–H groups in total. The molecule has 1 aliphatic rings. The van der Waals surface area contributed by atoms with E-state index in [4.69, 9.17) is 0 Å². The maximum Gasteiger partial charge on any atom is 0.238 e. The summed E-state index contributed by atoms with van der Waals surface area (Å²) in [5.41, 5.74) is 1.94. The van der Waals surface area contributed by atoms with Gasteiger partial charge in [-0.15, -0.1) is 0 Å². The van der Waals surface area contributed by atoms with Gasteiger partial charge in [-0.2, -0.15) is 0 Å². The largest absolute Gasteiger partial charge is 0.323 e. The normalized spacial score (nSPS) is 18.2. The highest BCUT2D eigenvalue weighted by Crippen LogP contribution is 2.32. The van der Waals surface area contributed by atoms with Crippen molar-refractivity contribution in [2.45, 2.75) is 26.3 Å². The van der Waals surface area contributed by atoms with Gasteiger partial charge >= 0.3 is 0 Å². The van der Waals surface area contributed by atoms with E-state index in [0.717, 1.165) is 46.3 Å². The summed E-state index contributed by atoms with van der Waals surface area (Å²) in [5, 5.41) is 6.35. The fourth-order valence-corrected chi connectivity index (χ4v) is 4.25. The molecule has 0 saturated carbocycles. The van der Waals surface area contributed by atoms with E-state index in [-0.39, 0.29) is 5.91 Å². The molecule has 1 aliphatic heterocycles. The maximum absolute atomic E-state index is 12.3. The Labute approximate surface area is 142 Å². The molecule has 0 spiro atoms. The number of benzene rings is 1. The summed E-state index contributed by atoms with van der Waals surface area (Å²) in [7, 11) is 0. The summed E-state index contributed by atoms with van der Waals surface area (Å²) in [6.07, 6.45) is 1.11. The van der Waals surface area contributed by atoms with E-state index in [1.54, 1.807) is 0 Å². The number of hydrogen-bond acceptors (Lipinski definition) is 3. The molecule has 1 saturated heterocycles. The minimum absolute atomic E-state index is 0.0222. The molecule has 0 bridgehead atoms. The van der Waals surface area contributed by atoms with Crippen molar-refractivity contribution >= 4 is 43.5 Å². The molecule has 1 atom stereocenters. The first-order valence-corrected chi connectivity index (χ1v) is 8.80. The third-order valence-electron chi connectivity index (χ3n) is 3.75. The highest BCUT2D eigenvalue weighted by Gasteiger charge is 2.23. The molecular weight excluding hydrogens is 398 g/mol. The molecule has 0 radical (unpaired) electrons. The third kappa shape index (κ3) is 4.52. The lowest BCUT2D eigenvalue weighted by molar-refractivity contribution is -0.117. The van der Waals surface area contributed by atoms with Crippen molar-refractivity contribution in [3.8, 4) is 0 Å². The zero-order valence-corrected chi connectivity index (χ0v) is 15.6. The van der Waals surface area contributed by atoms with Crippen molar-refractivity contribution < 1.29 is 4.79 Å². The first-order chi connectivity index (χ1) is 10.0. The number of amides is 1. The Morgan fingerprint density at radius 3 is 2.62 bits per heavy atom. The van der Waals surface area contributed by atoms with Crippen LogP contribution in [0.1, 0.15) is 18.9 Å². The smallest absolute Gasteiger partial charge is 0.238 e.